The molecule has 11 heavy (non-hydrogen) atoms. The van der Waals surface area contributed by atoms with E-state index in [2.05, 4.69) is 4.84 Å². The van der Waals surface area contributed by atoms with Gasteiger partial charge in [0.2, 0.25) is 0 Å². The Morgan fingerprint density at radius 3 is 2.73 bits per heavy atom. The van der Waals surface area contributed by atoms with Crippen LogP contribution in [0.4, 0.5) is 0 Å². The van der Waals surface area contributed by atoms with E-state index in [0.29, 0.717) is 5.76 Å². The first-order chi connectivity index (χ1) is 5.18. The third kappa shape index (κ3) is 2.69. The molecule has 1 aromatic heterocycles. The molecule has 0 aliphatic carbocycles. The summed E-state index contributed by atoms with van der Waals surface area (Å²) >= 11 is 0. The molecule has 0 amide bonds. The first kappa shape index (κ1) is 8.22. The molecule has 0 spiro atoms. The summed E-state index contributed by atoms with van der Waals surface area (Å²) < 4.78 is 5.06. The quantitative estimate of drug-likeness (QED) is 0.646. The van der Waals surface area contributed by atoms with E-state index in [1.165, 1.54) is 0 Å². The van der Waals surface area contributed by atoms with E-state index in [4.69, 9.17) is 14.8 Å². The maximum Gasteiger partial charge on any atom is 0.132 e. The van der Waals surface area contributed by atoms with Gasteiger partial charge in [-0.25, -0.2) is 4.84 Å². The first-order valence-corrected chi connectivity index (χ1v) is 3.04. The molecule has 5 nitrogen and oxygen atoms in total. The smallest absolute Gasteiger partial charge is 0.132 e. The Balaban J connectivity index is 2.39. The van der Waals surface area contributed by atoms with E-state index >= 15 is 0 Å². The number of furan rings is 1. The summed E-state index contributed by atoms with van der Waals surface area (Å²) in [5.74, 6) is 1.29. The van der Waals surface area contributed by atoms with Crippen molar-refractivity contribution < 1.29 is 19.7 Å². The Bertz CT molecular complexity index is 220. The summed E-state index contributed by atoms with van der Waals surface area (Å²) in [6.07, 6.45) is 0. The zero-order chi connectivity index (χ0) is 8.27. The maximum absolute atomic E-state index is 8.15. The highest BCUT2D eigenvalue weighted by Gasteiger charge is 2.00. The molecule has 0 bridgehead atoms. The predicted octanol–water partition coefficient (Wildman–Crippen LogP) is 1.10. The summed E-state index contributed by atoms with van der Waals surface area (Å²) in [7, 11) is 0. The van der Waals surface area contributed by atoms with E-state index in [1.807, 2.05) is 0 Å². The molecule has 5 heteroatoms. The van der Waals surface area contributed by atoms with Crippen molar-refractivity contribution in [2.75, 3.05) is 0 Å². The van der Waals surface area contributed by atoms with Crippen LogP contribution >= 0.6 is 0 Å². The molecule has 1 rings (SSSR count). The van der Waals surface area contributed by atoms with Gasteiger partial charge in [-0.15, -0.1) is 0 Å². The lowest BCUT2D eigenvalue weighted by Crippen LogP contribution is -2.13. The summed E-state index contributed by atoms with van der Waals surface area (Å²) in [6.45, 7) is 1.79. The van der Waals surface area contributed by atoms with E-state index in [1.54, 1.807) is 19.1 Å². The van der Waals surface area contributed by atoms with Gasteiger partial charge in [-0.3, -0.25) is 10.4 Å². The van der Waals surface area contributed by atoms with Crippen LogP contribution in [0, 0.1) is 6.92 Å². The fourth-order valence-corrected chi connectivity index (χ4v) is 0.684. The lowest BCUT2D eigenvalue weighted by atomic mass is 10.4. The van der Waals surface area contributed by atoms with Gasteiger partial charge in [0, 0.05) is 0 Å². The highest BCUT2D eigenvalue weighted by Crippen LogP contribution is 2.07. The molecule has 0 aromatic carbocycles. The molecule has 1 heterocycles. The van der Waals surface area contributed by atoms with Gasteiger partial charge in [-0.1, -0.05) is 0 Å². The van der Waals surface area contributed by atoms with Crippen LogP contribution in [-0.2, 0) is 11.4 Å². The third-order valence-corrected chi connectivity index (χ3v) is 1.12. The third-order valence-electron chi connectivity index (χ3n) is 1.12. The highest BCUT2D eigenvalue weighted by molar-refractivity contribution is 5.04. The number of hydrogen-bond donors (Lipinski definition) is 2. The van der Waals surface area contributed by atoms with Crippen molar-refractivity contribution in [1.29, 1.82) is 0 Å². The molecular weight excluding hydrogens is 150 g/mol. The van der Waals surface area contributed by atoms with Gasteiger partial charge >= 0.3 is 0 Å². The summed E-state index contributed by atoms with van der Waals surface area (Å²) in [4.78, 5) is 4.29. The molecule has 0 radical (unpaired) electrons. The lowest BCUT2D eigenvalue weighted by Gasteiger charge is -2.02. The van der Waals surface area contributed by atoms with Gasteiger partial charge < -0.3 is 4.42 Å². The second-order valence-electron chi connectivity index (χ2n) is 2.04. The molecule has 0 atom stereocenters. The van der Waals surface area contributed by atoms with E-state index in [0.717, 1.165) is 5.76 Å². The van der Waals surface area contributed by atoms with Gasteiger partial charge in [0.15, 0.2) is 0 Å². The molecule has 0 fully saturated rings. The van der Waals surface area contributed by atoms with Crippen LogP contribution < -0.4 is 0 Å². The van der Waals surface area contributed by atoms with Crippen molar-refractivity contribution in [3.63, 3.8) is 0 Å². The van der Waals surface area contributed by atoms with Crippen molar-refractivity contribution in [2.45, 2.75) is 13.5 Å². The normalized spacial score (nSPS) is 10.9. The monoisotopic (exact) mass is 159 g/mol. The molecule has 0 aliphatic heterocycles. The van der Waals surface area contributed by atoms with E-state index in [9.17, 15) is 0 Å². The van der Waals surface area contributed by atoms with Crippen LogP contribution in [0.25, 0.3) is 0 Å². The lowest BCUT2D eigenvalue weighted by molar-refractivity contribution is -0.497. The van der Waals surface area contributed by atoms with Crippen LogP contribution in [0.15, 0.2) is 16.5 Å². The summed E-state index contributed by atoms with van der Waals surface area (Å²) in [6, 6.07) is 3.45. The van der Waals surface area contributed by atoms with Crippen LogP contribution in [0.1, 0.15) is 11.5 Å². The van der Waals surface area contributed by atoms with Crippen LogP contribution in [-0.4, -0.2) is 15.8 Å². The molecule has 0 saturated heterocycles. The predicted molar refractivity (Wildman–Crippen MR) is 33.6 cm³/mol. The average Bonchev–Trinajstić information content (AvgIpc) is 2.31. The SMILES string of the molecule is Cc1ccc(CON(O)O)o1. The fourth-order valence-electron chi connectivity index (χ4n) is 0.684. The Morgan fingerprint density at radius 2 is 2.27 bits per heavy atom. The van der Waals surface area contributed by atoms with E-state index < -0.39 is 0 Å². The largest absolute Gasteiger partial charge is 0.464 e. The van der Waals surface area contributed by atoms with Gasteiger partial charge in [-0.2, -0.15) is 0 Å². The average molecular weight is 159 g/mol. The molecule has 1 aromatic rings. The second kappa shape index (κ2) is 3.49. The van der Waals surface area contributed by atoms with Crippen molar-refractivity contribution in [2.24, 2.45) is 0 Å². The topological polar surface area (TPSA) is 66.1 Å². The highest BCUT2D eigenvalue weighted by atomic mass is 17.1. The van der Waals surface area contributed by atoms with Crippen LogP contribution in [0.3, 0.4) is 0 Å². The minimum atomic E-state index is -0.349. The standard InChI is InChI=1S/C6H9NO4/c1-5-2-3-6(11-5)4-10-7(8)9/h2-3,8-9H,4H2,1H3. The zero-order valence-electron chi connectivity index (χ0n) is 6.02. The minimum absolute atomic E-state index is 0.000833. The Kier molecular flexibility index (Phi) is 2.61. The summed E-state index contributed by atoms with van der Waals surface area (Å²) in [5, 5.41) is 15.9. The first-order valence-electron chi connectivity index (χ1n) is 3.04. The Morgan fingerprint density at radius 1 is 1.55 bits per heavy atom. The Hall–Kier alpha value is -0.880. The number of rotatable bonds is 3. The molecule has 0 saturated carbocycles. The van der Waals surface area contributed by atoms with Crippen LogP contribution in [0.2, 0.25) is 0 Å². The fraction of sp³-hybridized carbons (Fsp3) is 0.333. The van der Waals surface area contributed by atoms with Gasteiger partial charge in [0.05, 0.1) is 5.39 Å². The number of hydrogen-bond acceptors (Lipinski definition) is 5. The molecule has 62 valence electrons. The van der Waals surface area contributed by atoms with Crippen molar-refractivity contribution in [3.05, 3.63) is 23.7 Å². The Labute approximate surface area is 63.3 Å². The minimum Gasteiger partial charge on any atom is -0.464 e. The summed E-state index contributed by atoms with van der Waals surface area (Å²) in [5.41, 5.74) is 0. The number of nitrogens with zero attached hydrogens (tertiary/aromatic N) is 1. The molecule has 2 N–H and O–H groups in total. The number of aryl methyl sites for hydroxylation is 1. The van der Waals surface area contributed by atoms with Crippen LogP contribution in [0.5, 0.6) is 0 Å². The zero-order valence-corrected chi connectivity index (χ0v) is 6.02. The van der Waals surface area contributed by atoms with Gasteiger partial charge in [0.25, 0.3) is 0 Å². The van der Waals surface area contributed by atoms with Crippen molar-refractivity contribution >= 4 is 0 Å². The van der Waals surface area contributed by atoms with Crippen molar-refractivity contribution in [1.82, 2.24) is 5.39 Å². The molecule has 0 aliphatic rings. The molecule has 0 unspecified atom stereocenters. The van der Waals surface area contributed by atoms with Gasteiger partial charge in [-0.05, 0) is 19.1 Å². The second-order valence-corrected chi connectivity index (χ2v) is 2.04. The maximum atomic E-state index is 8.15. The van der Waals surface area contributed by atoms with Crippen molar-refractivity contribution in [3.8, 4) is 0 Å². The van der Waals surface area contributed by atoms with E-state index in [-0.39, 0.29) is 12.0 Å². The molecular formula is C6H9NO4. The van der Waals surface area contributed by atoms with Gasteiger partial charge in [0.1, 0.15) is 18.1 Å².